The zero-order chi connectivity index (χ0) is 27.0. The molecule has 1 atom stereocenters. The summed E-state index contributed by atoms with van der Waals surface area (Å²) in [6.45, 7) is 6.08. The molecule has 0 aliphatic carbocycles. The predicted molar refractivity (Wildman–Crippen MR) is 151 cm³/mol. The molecular formula is C31H31N5O3. The van der Waals surface area contributed by atoms with Gasteiger partial charge in [-0.05, 0) is 71.8 Å². The molecule has 0 bridgehead atoms. The molecule has 2 aliphatic heterocycles. The van der Waals surface area contributed by atoms with Gasteiger partial charge in [0.2, 0.25) is 0 Å². The molecule has 2 N–H and O–H groups in total. The monoisotopic (exact) mass is 521 g/mol. The number of aromatic nitrogens is 2. The van der Waals surface area contributed by atoms with Gasteiger partial charge in [-0.3, -0.25) is 14.6 Å². The highest BCUT2D eigenvalue weighted by molar-refractivity contribution is 6.08. The van der Waals surface area contributed by atoms with Gasteiger partial charge in [0.05, 0.1) is 5.56 Å². The molecule has 6 rings (SSSR count). The van der Waals surface area contributed by atoms with E-state index in [9.17, 15) is 9.59 Å². The van der Waals surface area contributed by atoms with Crippen LogP contribution < -0.4 is 10.6 Å². The number of nitrogens with zero attached hydrogens (tertiary/aromatic N) is 3. The average molecular weight is 522 g/mol. The van der Waals surface area contributed by atoms with Gasteiger partial charge in [-0.2, -0.15) is 0 Å². The number of amides is 2. The van der Waals surface area contributed by atoms with Gasteiger partial charge in [0.25, 0.3) is 11.8 Å². The third kappa shape index (κ3) is 5.07. The minimum atomic E-state index is -0.347. The lowest BCUT2D eigenvalue weighted by Crippen LogP contribution is -2.48. The van der Waals surface area contributed by atoms with E-state index in [0.717, 1.165) is 34.9 Å². The van der Waals surface area contributed by atoms with E-state index in [1.54, 1.807) is 30.7 Å². The lowest BCUT2D eigenvalue weighted by molar-refractivity contribution is -0.142. The van der Waals surface area contributed by atoms with Gasteiger partial charge in [0, 0.05) is 60.5 Å². The van der Waals surface area contributed by atoms with Crippen molar-refractivity contribution in [3.05, 3.63) is 89.9 Å². The fraction of sp³-hybridized carbons (Fsp3) is 0.290. The molecule has 2 aliphatic rings. The van der Waals surface area contributed by atoms with Crippen molar-refractivity contribution < 1.29 is 14.3 Å². The van der Waals surface area contributed by atoms with E-state index in [0.29, 0.717) is 36.8 Å². The van der Waals surface area contributed by atoms with E-state index < -0.39 is 0 Å². The normalized spacial score (nSPS) is 18.0. The van der Waals surface area contributed by atoms with Crippen LogP contribution in [0.15, 0.2) is 73.2 Å². The van der Waals surface area contributed by atoms with Gasteiger partial charge in [0.1, 0.15) is 11.9 Å². The topological polar surface area (TPSA) is 96.5 Å². The number of fused-ring (bicyclic) bond motifs is 2. The Morgan fingerprint density at radius 3 is 2.74 bits per heavy atom. The number of anilines is 3. The van der Waals surface area contributed by atoms with Crippen molar-refractivity contribution in [2.45, 2.75) is 44.8 Å². The van der Waals surface area contributed by atoms with E-state index in [2.05, 4.69) is 40.5 Å². The second-order valence-electron chi connectivity index (χ2n) is 10.9. The van der Waals surface area contributed by atoms with E-state index in [1.807, 2.05) is 41.3 Å². The van der Waals surface area contributed by atoms with Crippen LogP contribution in [0.5, 0.6) is 0 Å². The number of carbonyl (C=O) groups excluding carboxylic acids is 2. The molecule has 4 heterocycles. The fourth-order valence-electron chi connectivity index (χ4n) is 5.60. The first-order valence-electron chi connectivity index (χ1n) is 13.3. The van der Waals surface area contributed by atoms with Gasteiger partial charge in [-0.15, -0.1) is 0 Å². The lowest BCUT2D eigenvalue weighted by atomic mass is 9.78. The number of carbonyl (C=O) groups is 2. The highest BCUT2D eigenvalue weighted by atomic mass is 16.5. The smallest absolute Gasteiger partial charge is 0.259 e. The Kier molecular flexibility index (Phi) is 6.48. The molecule has 2 amide bonds. The van der Waals surface area contributed by atoms with E-state index in [4.69, 9.17) is 4.74 Å². The maximum Gasteiger partial charge on any atom is 0.259 e. The van der Waals surface area contributed by atoms with Crippen LogP contribution in [0.1, 0.15) is 48.2 Å². The zero-order valence-electron chi connectivity index (χ0n) is 22.1. The number of hydrogen-bond acceptors (Lipinski definition) is 6. The van der Waals surface area contributed by atoms with E-state index in [1.165, 1.54) is 5.56 Å². The molecule has 39 heavy (non-hydrogen) atoms. The molecule has 0 radical (unpaired) electrons. The Morgan fingerprint density at radius 1 is 1.03 bits per heavy atom. The summed E-state index contributed by atoms with van der Waals surface area (Å²) in [5.74, 6) is 0.247. The molecule has 1 saturated heterocycles. The van der Waals surface area contributed by atoms with Gasteiger partial charge >= 0.3 is 0 Å². The summed E-state index contributed by atoms with van der Waals surface area (Å²) < 4.78 is 5.66. The first-order chi connectivity index (χ1) is 18.9. The third-order valence-electron chi connectivity index (χ3n) is 7.51. The highest BCUT2D eigenvalue weighted by Gasteiger charge is 2.37. The molecule has 1 fully saturated rings. The fourth-order valence-corrected chi connectivity index (χ4v) is 5.60. The van der Waals surface area contributed by atoms with Crippen molar-refractivity contribution in [2.24, 2.45) is 0 Å². The molecule has 8 nitrogen and oxygen atoms in total. The van der Waals surface area contributed by atoms with Crippen molar-refractivity contribution in [1.29, 1.82) is 0 Å². The zero-order valence-corrected chi connectivity index (χ0v) is 22.1. The minimum absolute atomic E-state index is 0.0520. The van der Waals surface area contributed by atoms with Crippen LogP contribution in [0, 0.1) is 0 Å². The van der Waals surface area contributed by atoms with Gasteiger partial charge in [-0.25, -0.2) is 4.98 Å². The Morgan fingerprint density at radius 2 is 1.90 bits per heavy atom. The summed E-state index contributed by atoms with van der Waals surface area (Å²) in [6, 6.07) is 17.3. The van der Waals surface area contributed by atoms with Crippen molar-refractivity contribution in [3.8, 4) is 0 Å². The minimum Gasteiger partial charge on any atom is -0.368 e. The highest BCUT2D eigenvalue weighted by Crippen LogP contribution is 2.36. The quantitative estimate of drug-likeness (QED) is 0.364. The summed E-state index contributed by atoms with van der Waals surface area (Å²) in [4.78, 5) is 37.0. The molecule has 2 aromatic carbocycles. The third-order valence-corrected chi connectivity index (χ3v) is 7.51. The second kappa shape index (κ2) is 10.1. The summed E-state index contributed by atoms with van der Waals surface area (Å²) in [7, 11) is 0. The molecule has 8 heteroatoms. The summed E-state index contributed by atoms with van der Waals surface area (Å²) in [5.41, 5.74) is 3.93. The van der Waals surface area contributed by atoms with Crippen LogP contribution >= 0.6 is 0 Å². The number of hydrogen-bond donors (Lipinski definition) is 2. The predicted octanol–water partition coefficient (Wildman–Crippen LogP) is 5.42. The number of ether oxygens (including phenoxy) is 1. The van der Waals surface area contributed by atoms with Gasteiger partial charge in [-0.1, -0.05) is 26.0 Å². The van der Waals surface area contributed by atoms with Crippen molar-refractivity contribution >= 4 is 39.8 Å². The van der Waals surface area contributed by atoms with Crippen LogP contribution in [0.25, 0.3) is 10.8 Å². The number of nitrogens with one attached hydrogen (secondary N) is 2. The first kappa shape index (κ1) is 25.0. The molecule has 198 valence electrons. The maximum atomic E-state index is 13.4. The molecule has 4 aromatic rings. The summed E-state index contributed by atoms with van der Waals surface area (Å²) in [6.07, 6.45) is 6.57. The standard InChI is InChI=1S/C31H31N5O3/c1-31(2)19-36(30(38)27-6-4-14-39-27)18-22-16-24(9-10-26(22)31)35-29(37)25-5-3-12-33-28(25)34-23-8-7-20-11-13-32-17-21(20)15-23/h3,5,7-13,15-17,27H,4,6,14,18-19H2,1-2H3,(H,33,34)(H,35,37)/t27-/m1/s1. The summed E-state index contributed by atoms with van der Waals surface area (Å²) in [5, 5.41) is 8.39. The van der Waals surface area contributed by atoms with Crippen molar-refractivity contribution in [3.63, 3.8) is 0 Å². The van der Waals surface area contributed by atoms with Crippen LogP contribution in [0.3, 0.4) is 0 Å². The molecular weight excluding hydrogens is 490 g/mol. The van der Waals surface area contributed by atoms with E-state index in [-0.39, 0.29) is 23.3 Å². The molecule has 2 aromatic heterocycles. The van der Waals surface area contributed by atoms with Crippen molar-refractivity contribution in [1.82, 2.24) is 14.9 Å². The largest absolute Gasteiger partial charge is 0.368 e. The van der Waals surface area contributed by atoms with Gasteiger partial charge < -0.3 is 20.3 Å². The van der Waals surface area contributed by atoms with Gasteiger partial charge in [0.15, 0.2) is 0 Å². The Bertz CT molecular complexity index is 1560. The Labute approximate surface area is 227 Å². The van der Waals surface area contributed by atoms with Crippen LogP contribution in [-0.2, 0) is 21.5 Å². The number of rotatable bonds is 5. The maximum absolute atomic E-state index is 13.4. The van der Waals surface area contributed by atoms with E-state index >= 15 is 0 Å². The average Bonchev–Trinajstić information content (AvgIpc) is 3.47. The molecule has 0 unspecified atom stereocenters. The Balaban J connectivity index is 1.22. The second-order valence-corrected chi connectivity index (χ2v) is 10.9. The lowest BCUT2D eigenvalue weighted by Gasteiger charge is -2.41. The van der Waals surface area contributed by atoms with Crippen molar-refractivity contribution in [2.75, 3.05) is 23.8 Å². The number of pyridine rings is 2. The van der Waals surface area contributed by atoms with Crippen LogP contribution in [0.2, 0.25) is 0 Å². The number of benzene rings is 2. The first-order valence-corrected chi connectivity index (χ1v) is 13.3. The molecule has 0 spiro atoms. The van der Waals surface area contributed by atoms with Crippen LogP contribution in [0.4, 0.5) is 17.2 Å². The summed E-state index contributed by atoms with van der Waals surface area (Å²) >= 11 is 0. The molecule has 0 saturated carbocycles. The Hall–Kier alpha value is -4.30. The SMILES string of the molecule is CC1(C)CN(C(=O)[C@H]2CCCO2)Cc2cc(NC(=O)c3cccnc3Nc3ccc4ccncc4c3)ccc21. The van der Waals surface area contributed by atoms with Crippen LogP contribution in [-0.4, -0.2) is 45.9 Å².